The molecule has 1 amide bonds. The molecule has 1 saturated heterocycles. The van der Waals surface area contributed by atoms with Crippen LogP contribution in [-0.4, -0.2) is 37.9 Å². The zero-order chi connectivity index (χ0) is 16.8. The Bertz CT molecular complexity index is 652. The van der Waals surface area contributed by atoms with Crippen molar-refractivity contribution >= 4 is 5.91 Å². The van der Waals surface area contributed by atoms with Crippen LogP contribution >= 0.6 is 0 Å². The van der Waals surface area contributed by atoms with Gasteiger partial charge in [-0.1, -0.05) is 0 Å². The molecule has 2 aromatic rings. The second kappa shape index (κ2) is 8.08. The lowest BCUT2D eigenvalue weighted by Gasteiger charge is -2.36. The van der Waals surface area contributed by atoms with Crippen LogP contribution in [0.15, 0.2) is 36.9 Å². The van der Waals surface area contributed by atoms with Crippen molar-refractivity contribution in [1.29, 1.82) is 0 Å². The molecule has 0 aliphatic carbocycles. The molecule has 1 aliphatic heterocycles. The highest BCUT2D eigenvalue weighted by Gasteiger charge is 2.26. The number of aromatic nitrogens is 3. The van der Waals surface area contributed by atoms with Gasteiger partial charge in [0.1, 0.15) is 5.82 Å². The summed E-state index contributed by atoms with van der Waals surface area (Å²) in [6.45, 7) is 3.87. The van der Waals surface area contributed by atoms with E-state index in [1.807, 2.05) is 31.5 Å². The summed E-state index contributed by atoms with van der Waals surface area (Å²) in [5, 5.41) is 0. The summed E-state index contributed by atoms with van der Waals surface area (Å²) in [5.41, 5.74) is 1.18. The standard InChI is InChI=1S/C19H26N4O/c1-16-21-12-15-22(16)14-9-18-4-2-3-13-23(18)19(24)6-5-17-7-10-20-11-8-17/h7-8,10-12,15,18H,2-6,9,13-14H2,1H3. The number of imidazole rings is 1. The molecule has 0 N–H and O–H groups in total. The van der Waals surface area contributed by atoms with Gasteiger partial charge in [-0.3, -0.25) is 9.78 Å². The fourth-order valence-corrected chi connectivity index (χ4v) is 3.50. The van der Waals surface area contributed by atoms with E-state index in [1.54, 1.807) is 12.4 Å². The van der Waals surface area contributed by atoms with Crippen LogP contribution in [0.2, 0.25) is 0 Å². The number of amides is 1. The summed E-state index contributed by atoms with van der Waals surface area (Å²) >= 11 is 0. The van der Waals surface area contributed by atoms with Crippen molar-refractivity contribution in [3.63, 3.8) is 0 Å². The Kier molecular flexibility index (Phi) is 5.62. The van der Waals surface area contributed by atoms with E-state index in [0.29, 0.717) is 18.4 Å². The molecule has 0 spiro atoms. The van der Waals surface area contributed by atoms with Gasteiger partial charge < -0.3 is 9.47 Å². The number of pyridine rings is 1. The SMILES string of the molecule is Cc1nccn1CCC1CCCCN1C(=O)CCc1ccncc1. The molecule has 2 aromatic heterocycles. The van der Waals surface area contributed by atoms with Gasteiger partial charge in [-0.15, -0.1) is 0 Å². The number of aryl methyl sites for hydroxylation is 3. The molecule has 1 atom stereocenters. The number of likely N-dealkylation sites (tertiary alicyclic amines) is 1. The molecule has 0 bridgehead atoms. The Hall–Kier alpha value is -2.17. The second-order valence-corrected chi connectivity index (χ2v) is 6.55. The van der Waals surface area contributed by atoms with Gasteiger partial charge in [0, 0.05) is 50.3 Å². The van der Waals surface area contributed by atoms with Gasteiger partial charge in [0.15, 0.2) is 0 Å². The van der Waals surface area contributed by atoms with Gasteiger partial charge in [-0.05, 0) is 56.7 Å². The highest BCUT2D eigenvalue weighted by molar-refractivity contribution is 5.76. The molecular formula is C19H26N4O. The molecule has 0 saturated carbocycles. The maximum absolute atomic E-state index is 12.7. The fourth-order valence-electron chi connectivity index (χ4n) is 3.50. The number of hydrogen-bond donors (Lipinski definition) is 0. The largest absolute Gasteiger partial charge is 0.340 e. The Morgan fingerprint density at radius 3 is 2.83 bits per heavy atom. The Morgan fingerprint density at radius 2 is 2.08 bits per heavy atom. The smallest absolute Gasteiger partial charge is 0.223 e. The van der Waals surface area contributed by atoms with Crippen LogP contribution < -0.4 is 0 Å². The molecule has 24 heavy (non-hydrogen) atoms. The minimum Gasteiger partial charge on any atom is -0.340 e. The highest BCUT2D eigenvalue weighted by Crippen LogP contribution is 2.22. The van der Waals surface area contributed by atoms with E-state index < -0.39 is 0 Å². The Labute approximate surface area is 143 Å². The molecule has 1 unspecified atom stereocenters. The van der Waals surface area contributed by atoms with Crippen LogP contribution in [0.5, 0.6) is 0 Å². The molecule has 0 radical (unpaired) electrons. The maximum atomic E-state index is 12.7. The predicted octanol–water partition coefficient (Wildman–Crippen LogP) is 2.99. The maximum Gasteiger partial charge on any atom is 0.223 e. The van der Waals surface area contributed by atoms with Crippen molar-refractivity contribution in [2.75, 3.05) is 6.54 Å². The van der Waals surface area contributed by atoms with Gasteiger partial charge in [-0.25, -0.2) is 4.98 Å². The van der Waals surface area contributed by atoms with E-state index in [2.05, 4.69) is 19.4 Å². The van der Waals surface area contributed by atoms with Crippen LogP contribution in [0.3, 0.4) is 0 Å². The molecule has 5 heteroatoms. The quantitative estimate of drug-likeness (QED) is 0.820. The molecule has 3 heterocycles. The van der Waals surface area contributed by atoms with Crippen molar-refractivity contribution in [2.45, 2.75) is 58.0 Å². The van der Waals surface area contributed by atoms with Crippen LogP contribution in [0.4, 0.5) is 0 Å². The zero-order valence-electron chi connectivity index (χ0n) is 14.4. The van der Waals surface area contributed by atoms with Gasteiger partial charge in [-0.2, -0.15) is 0 Å². The number of carbonyl (C=O) groups is 1. The third kappa shape index (κ3) is 4.22. The average Bonchev–Trinajstić information content (AvgIpc) is 3.04. The zero-order valence-corrected chi connectivity index (χ0v) is 14.4. The summed E-state index contributed by atoms with van der Waals surface area (Å²) in [4.78, 5) is 23.1. The van der Waals surface area contributed by atoms with Crippen LogP contribution in [-0.2, 0) is 17.8 Å². The summed E-state index contributed by atoms with van der Waals surface area (Å²) < 4.78 is 2.17. The van der Waals surface area contributed by atoms with Crippen molar-refractivity contribution in [3.05, 3.63) is 48.3 Å². The second-order valence-electron chi connectivity index (χ2n) is 6.55. The molecule has 1 fully saturated rings. The Morgan fingerprint density at radius 1 is 1.25 bits per heavy atom. The van der Waals surface area contributed by atoms with Crippen molar-refractivity contribution in [3.8, 4) is 0 Å². The van der Waals surface area contributed by atoms with E-state index in [9.17, 15) is 4.79 Å². The number of carbonyl (C=O) groups excluding carboxylic acids is 1. The van der Waals surface area contributed by atoms with Gasteiger partial charge in [0.2, 0.25) is 5.91 Å². The third-order valence-electron chi connectivity index (χ3n) is 4.95. The minimum atomic E-state index is 0.291. The summed E-state index contributed by atoms with van der Waals surface area (Å²) in [5.74, 6) is 1.33. The van der Waals surface area contributed by atoms with E-state index in [4.69, 9.17) is 0 Å². The summed E-state index contributed by atoms with van der Waals surface area (Å²) in [6, 6.07) is 4.34. The van der Waals surface area contributed by atoms with Crippen LogP contribution in [0.25, 0.3) is 0 Å². The fraction of sp³-hybridized carbons (Fsp3) is 0.526. The van der Waals surface area contributed by atoms with E-state index in [1.165, 1.54) is 12.0 Å². The average molecular weight is 326 g/mol. The lowest BCUT2D eigenvalue weighted by molar-refractivity contribution is -0.135. The number of rotatable bonds is 6. The van der Waals surface area contributed by atoms with Crippen molar-refractivity contribution in [1.82, 2.24) is 19.4 Å². The monoisotopic (exact) mass is 326 g/mol. The van der Waals surface area contributed by atoms with E-state index in [-0.39, 0.29) is 0 Å². The van der Waals surface area contributed by atoms with Crippen LogP contribution in [0, 0.1) is 6.92 Å². The first-order chi connectivity index (χ1) is 11.7. The first-order valence-corrected chi connectivity index (χ1v) is 8.90. The first-order valence-electron chi connectivity index (χ1n) is 8.90. The third-order valence-corrected chi connectivity index (χ3v) is 4.95. The normalized spacial score (nSPS) is 17.9. The van der Waals surface area contributed by atoms with E-state index in [0.717, 1.165) is 44.6 Å². The van der Waals surface area contributed by atoms with Gasteiger partial charge in [0.05, 0.1) is 0 Å². The molecule has 128 valence electrons. The lowest BCUT2D eigenvalue weighted by Crippen LogP contribution is -2.44. The lowest BCUT2D eigenvalue weighted by atomic mass is 9.98. The number of piperidine rings is 1. The number of nitrogens with zero attached hydrogens (tertiary/aromatic N) is 4. The highest BCUT2D eigenvalue weighted by atomic mass is 16.2. The molecule has 3 rings (SSSR count). The minimum absolute atomic E-state index is 0.291. The number of hydrogen-bond acceptors (Lipinski definition) is 3. The Balaban J connectivity index is 1.55. The molecule has 0 aromatic carbocycles. The van der Waals surface area contributed by atoms with Gasteiger partial charge >= 0.3 is 0 Å². The summed E-state index contributed by atoms with van der Waals surface area (Å²) in [6.07, 6.45) is 13.3. The molecule has 1 aliphatic rings. The first kappa shape index (κ1) is 16.7. The van der Waals surface area contributed by atoms with Gasteiger partial charge in [0.25, 0.3) is 0 Å². The molecule has 5 nitrogen and oxygen atoms in total. The van der Waals surface area contributed by atoms with Crippen LogP contribution in [0.1, 0.15) is 43.5 Å². The molecular weight excluding hydrogens is 300 g/mol. The van der Waals surface area contributed by atoms with Crippen molar-refractivity contribution < 1.29 is 4.79 Å². The van der Waals surface area contributed by atoms with E-state index >= 15 is 0 Å². The topological polar surface area (TPSA) is 51.0 Å². The van der Waals surface area contributed by atoms with Crippen molar-refractivity contribution in [2.24, 2.45) is 0 Å². The predicted molar refractivity (Wildman–Crippen MR) is 93.5 cm³/mol. The summed E-state index contributed by atoms with van der Waals surface area (Å²) in [7, 11) is 0.